The van der Waals surface area contributed by atoms with Crippen molar-refractivity contribution < 1.29 is 14.8 Å². The van der Waals surface area contributed by atoms with E-state index < -0.39 is 20.7 Å². The summed E-state index contributed by atoms with van der Waals surface area (Å²) in [5, 5.41) is 19.3. The Balaban J connectivity index is 3.26. The Bertz CT molecular complexity index is 394. The molecule has 0 aromatic carbocycles. The molecule has 0 saturated carbocycles. The average molecular weight is 317 g/mol. The highest BCUT2D eigenvalue weighted by molar-refractivity contribution is 9.09. The van der Waals surface area contributed by atoms with Gasteiger partial charge in [-0.1, -0.05) is 27.5 Å². The number of carboxylic acid groups (broad SMARTS) is 1. The van der Waals surface area contributed by atoms with E-state index in [0.29, 0.717) is 0 Å². The first-order valence-electron chi connectivity index (χ1n) is 3.60. The lowest BCUT2D eigenvalue weighted by molar-refractivity contribution is -0.525. The Labute approximate surface area is 103 Å². The van der Waals surface area contributed by atoms with E-state index in [9.17, 15) is 14.9 Å². The fraction of sp³-hybridized carbons (Fsp3) is 0.286. The average Bonchev–Trinajstić information content (AvgIpc) is 2.10. The second-order valence-electron chi connectivity index (χ2n) is 2.76. The number of nitrogens with zero attached hydrogens (tertiary/aromatic N) is 1. The van der Waals surface area contributed by atoms with Crippen molar-refractivity contribution in [3.63, 3.8) is 0 Å². The summed E-state index contributed by atoms with van der Waals surface area (Å²) in [4.78, 5) is 17.7. The first kappa shape index (κ1) is 12.5. The molecule has 1 aliphatic rings. The van der Waals surface area contributed by atoms with Crippen molar-refractivity contribution in [2.45, 2.75) is 9.83 Å². The predicted octanol–water partition coefficient (Wildman–Crippen LogP) is 2.11. The summed E-state index contributed by atoms with van der Waals surface area (Å²) in [6.07, 6.45) is 2.00. The summed E-state index contributed by atoms with van der Waals surface area (Å²) < 4.78 is 0. The Kier molecular flexibility index (Phi) is 3.42. The molecule has 0 bridgehead atoms. The maximum atomic E-state index is 10.7. The molecule has 15 heavy (non-hydrogen) atoms. The molecule has 0 heterocycles. The first-order valence-corrected chi connectivity index (χ1v) is 5.27. The molecular formula is C7H4BrCl2NO4. The van der Waals surface area contributed by atoms with Crippen molar-refractivity contribution in [1.82, 2.24) is 0 Å². The molecule has 0 saturated heterocycles. The van der Waals surface area contributed by atoms with Crippen LogP contribution in [0.4, 0.5) is 0 Å². The van der Waals surface area contributed by atoms with Gasteiger partial charge in [0.1, 0.15) is 4.83 Å². The van der Waals surface area contributed by atoms with Crippen LogP contribution in [0.2, 0.25) is 0 Å². The van der Waals surface area contributed by atoms with E-state index >= 15 is 0 Å². The minimum absolute atomic E-state index is 0.0810. The fourth-order valence-corrected chi connectivity index (χ4v) is 2.15. The van der Waals surface area contributed by atoms with Crippen molar-refractivity contribution in [3.05, 3.63) is 32.9 Å². The van der Waals surface area contributed by atoms with E-state index in [4.69, 9.17) is 28.3 Å². The van der Waals surface area contributed by atoms with Crippen molar-refractivity contribution in [2.75, 3.05) is 0 Å². The molecular weight excluding hydrogens is 313 g/mol. The maximum Gasteiger partial charge on any atom is 0.337 e. The van der Waals surface area contributed by atoms with Gasteiger partial charge in [-0.15, -0.1) is 0 Å². The quantitative estimate of drug-likeness (QED) is 0.366. The molecule has 2 atom stereocenters. The van der Waals surface area contributed by atoms with Gasteiger partial charge >= 0.3 is 11.0 Å². The molecule has 0 aliphatic heterocycles. The van der Waals surface area contributed by atoms with E-state index in [0.717, 1.165) is 6.08 Å². The van der Waals surface area contributed by atoms with Gasteiger partial charge in [0.05, 0.1) is 10.6 Å². The summed E-state index contributed by atoms with van der Waals surface area (Å²) in [7, 11) is 0. The number of rotatable bonds is 2. The number of nitro groups is 1. The Hall–Kier alpha value is -0.590. The van der Waals surface area contributed by atoms with Crippen LogP contribution in [0.25, 0.3) is 0 Å². The largest absolute Gasteiger partial charge is 0.478 e. The molecule has 0 amide bonds. The highest BCUT2D eigenvalue weighted by Crippen LogP contribution is 2.37. The van der Waals surface area contributed by atoms with Crippen LogP contribution in [-0.4, -0.2) is 25.8 Å². The summed E-state index contributed by atoms with van der Waals surface area (Å²) >= 11 is 14.2. The molecule has 0 aromatic rings. The van der Waals surface area contributed by atoms with Crippen LogP contribution in [0.15, 0.2) is 22.8 Å². The zero-order chi connectivity index (χ0) is 11.8. The second-order valence-corrected chi connectivity index (χ2v) is 4.76. The van der Waals surface area contributed by atoms with Gasteiger partial charge in [-0.2, -0.15) is 0 Å². The predicted molar refractivity (Wildman–Crippen MR) is 57.9 cm³/mol. The molecule has 1 aliphatic carbocycles. The van der Waals surface area contributed by atoms with Crippen LogP contribution in [0, 0.1) is 10.1 Å². The van der Waals surface area contributed by atoms with Crippen LogP contribution in [0.1, 0.15) is 0 Å². The lowest BCUT2D eigenvalue weighted by Gasteiger charge is -2.22. The van der Waals surface area contributed by atoms with Crippen molar-refractivity contribution in [2.24, 2.45) is 0 Å². The second kappa shape index (κ2) is 4.11. The standard InChI is InChI=1S/C7H4BrCl2NO4/c8-5-1-4(9)3(6(12)13)2-7(5,10)11(14)15/h1-2,5H,(H,12,13). The van der Waals surface area contributed by atoms with Crippen LogP contribution < -0.4 is 0 Å². The first-order chi connectivity index (χ1) is 6.79. The summed E-state index contributed by atoms with van der Waals surface area (Å²) in [6, 6.07) is 0. The smallest absolute Gasteiger partial charge is 0.337 e. The third kappa shape index (κ3) is 2.16. The lowest BCUT2D eigenvalue weighted by atomic mass is 10.0. The Morgan fingerprint density at radius 2 is 2.27 bits per heavy atom. The summed E-state index contributed by atoms with van der Waals surface area (Å²) in [5.41, 5.74) is -0.376. The number of halogens is 3. The van der Waals surface area contributed by atoms with Crippen LogP contribution in [0.3, 0.4) is 0 Å². The topological polar surface area (TPSA) is 80.4 Å². The SMILES string of the molecule is O=C(O)C1=CC(Cl)([N+](=O)[O-])C(Br)C=C1Cl. The molecule has 1 N–H and O–H groups in total. The normalized spacial score (nSPS) is 30.5. The Morgan fingerprint density at radius 3 is 2.67 bits per heavy atom. The number of carbonyl (C=O) groups is 1. The molecule has 1 rings (SSSR count). The number of alkyl halides is 2. The minimum Gasteiger partial charge on any atom is -0.478 e. The highest BCUT2D eigenvalue weighted by Gasteiger charge is 2.48. The van der Waals surface area contributed by atoms with Gasteiger partial charge < -0.3 is 5.11 Å². The van der Waals surface area contributed by atoms with E-state index in [1.807, 2.05) is 0 Å². The molecule has 82 valence electrons. The lowest BCUT2D eigenvalue weighted by Crippen LogP contribution is -2.40. The van der Waals surface area contributed by atoms with Crippen molar-refractivity contribution >= 4 is 45.1 Å². The van der Waals surface area contributed by atoms with Gasteiger partial charge in [-0.25, -0.2) is 4.79 Å². The van der Waals surface area contributed by atoms with Crippen LogP contribution in [0.5, 0.6) is 0 Å². The van der Waals surface area contributed by atoms with Gasteiger partial charge in [-0.05, 0) is 17.7 Å². The van der Waals surface area contributed by atoms with Crippen molar-refractivity contribution in [3.8, 4) is 0 Å². The molecule has 0 radical (unpaired) electrons. The van der Waals surface area contributed by atoms with E-state index in [-0.39, 0.29) is 10.6 Å². The molecule has 8 heteroatoms. The van der Waals surface area contributed by atoms with Gasteiger partial charge in [-0.3, -0.25) is 10.1 Å². The highest BCUT2D eigenvalue weighted by atomic mass is 79.9. The van der Waals surface area contributed by atoms with E-state index in [1.54, 1.807) is 0 Å². The number of hydrogen-bond acceptors (Lipinski definition) is 3. The number of carboxylic acids is 1. The zero-order valence-corrected chi connectivity index (χ0v) is 10.1. The van der Waals surface area contributed by atoms with Gasteiger partial charge in [0.2, 0.25) is 0 Å². The number of hydrogen-bond donors (Lipinski definition) is 1. The monoisotopic (exact) mass is 315 g/mol. The zero-order valence-electron chi connectivity index (χ0n) is 6.99. The molecule has 0 fully saturated rings. The van der Waals surface area contributed by atoms with Crippen molar-refractivity contribution in [1.29, 1.82) is 0 Å². The molecule has 0 aromatic heterocycles. The third-order valence-corrected chi connectivity index (χ3v) is 3.83. The molecule has 5 nitrogen and oxygen atoms in total. The van der Waals surface area contributed by atoms with Crippen LogP contribution >= 0.6 is 39.1 Å². The summed E-state index contributed by atoms with van der Waals surface area (Å²) in [6.45, 7) is 0. The van der Waals surface area contributed by atoms with Gasteiger partial charge in [0.25, 0.3) is 0 Å². The number of aliphatic carboxylic acids is 1. The fourth-order valence-electron chi connectivity index (χ4n) is 1.00. The molecule has 2 unspecified atom stereocenters. The van der Waals surface area contributed by atoms with Crippen LogP contribution in [-0.2, 0) is 4.79 Å². The van der Waals surface area contributed by atoms with E-state index in [1.165, 1.54) is 6.08 Å². The van der Waals surface area contributed by atoms with E-state index in [2.05, 4.69) is 15.9 Å². The Morgan fingerprint density at radius 1 is 1.73 bits per heavy atom. The maximum absolute atomic E-state index is 10.7. The third-order valence-electron chi connectivity index (χ3n) is 1.79. The van der Waals surface area contributed by atoms with Gasteiger partial charge in [0.15, 0.2) is 0 Å². The minimum atomic E-state index is -2.02. The molecule has 0 spiro atoms. The van der Waals surface area contributed by atoms with Gasteiger partial charge in [0, 0.05) is 11.0 Å². The summed E-state index contributed by atoms with van der Waals surface area (Å²) in [5.74, 6) is -1.36.